The molecule has 0 atom stereocenters. The standard InChI is InChI=1S/C16H13ClN2O3S2/c1-9-7-11(10(2)19(9)16-18-5-6-23-16)12(20)8-22-15(21)13-3-4-14(17)24-13/h3-7H,8H2,1-2H3. The summed E-state index contributed by atoms with van der Waals surface area (Å²) >= 11 is 8.40. The third kappa shape index (κ3) is 3.28. The lowest BCUT2D eigenvalue weighted by Gasteiger charge is -2.06. The van der Waals surface area contributed by atoms with Crippen molar-refractivity contribution in [2.45, 2.75) is 13.8 Å². The third-order valence-corrected chi connectivity index (χ3v) is 5.42. The second-order valence-electron chi connectivity index (χ2n) is 5.04. The zero-order valence-corrected chi connectivity index (χ0v) is 15.3. The van der Waals surface area contributed by atoms with E-state index < -0.39 is 5.97 Å². The Bertz CT molecular complexity index is 897. The molecule has 0 aliphatic rings. The molecule has 0 amide bonds. The first-order chi connectivity index (χ1) is 11.5. The SMILES string of the molecule is Cc1cc(C(=O)COC(=O)c2ccc(Cl)s2)c(C)n1-c1nccs1. The first-order valence-electron chi connectivity index (χ1n) is 7.02. The molecule has 24 heavy (non-hydrogen) atoms. The number of hydrogen-bond donors (Lipinski definition) is 0. The number of thiazole rings is 1. The van der Waals surface area contributed by atoms with Crippen LogP contribution in [0.15, 0.2) is 29.8 Å². The Hall–Kier alpha value is -1.96. The van der Waals surface area contributed by atoms with Crippen LogP contribution in [0.4, 0.5) is 0 Å². The molecule has 0 aromatic carbocycles. The molecule has 0 aliphatic carbocycles. The van der Waals surface area contributed by atoms with Crippen molar-refractivity contribution in [2.24, 2.45) is 0 Å². The average molecular weight is 381 g/mol. The number of carbonyl (C=O) groups excluding carboxylic acids is 2. The van der Waals surface area contributed by atoms with Gasteiger partial charge in [-0.3, -0.25) is 9.36 Å². The van der Waals surface area contributed by atoms with E-state index in [0.29, 0.717) is 14.8 Å². The van der Waals surface area contributed by atoms with Crippen molar-refractivity contribution in [3.8, 4) is 5.13 Å². The predicted molar refractivity (Wildman–Crippen MR) is 94.9 cm³/mol. The zero-order chi connectivity index (χ0) is 17.3. The van der Waals surface area contributed by atoms with Crippen molar-refractivity contribution in [3.63, 3.8) is 0 Å². The summed E-state index contributed by atoms with van der Waals surface area (Å²) in [6.07, 6.45) is 1.72. The maximum Gasteiger partial charge on any atom is 0.348 e. The molecule has 0 aliphatic heterocycles. The summed E-state index contributed by atoms with van der Waals surface area (Å²) in [5, 5.41) is 2.68. The fraction of sp³-hybridized carbons (Fsp3) is 0.188. The Morgan fingerprint density at radius 1 is 1.33 bits per heavy atom. The van der Waals surface area contributed by atoms with Gasteiger partial charge in [0.2, 0.25) is 5.78 Å². The predicted octanol–water partition coefficient (Wildman–Crippen LogP) is 4.31. The van der Waals surface area contributed by atoms with E-state index in [9.17, 15) is 9.59 Å². The summed E-state index contributed by atoms with van der Waals surface area (Å²) in [5.74, 6) is -0.795. The molecule has 3 heterocycles. The zero-order valence-electron chi connectivity index (χ0n) is 12.9. The molecule has 0 spiro atoms. The smallest absolute Gasteiger partial charge is 0.348 e. The van der Waals surface area contributed by atoms with Gasteiger partial charge in [-0.25, -0.2) is 9.78 Å². The van der Waals surface area contributed by atoms with Gasteiger partial charge in [0.15, 0.2) is 11.7 Å². The number of ether oxygens (including phenoxy) is 1. The number of halogens is 1. The van der Waals surface area contributed by atoms with Crippen LogP contribution in [0.2, 0.25) is 4.34 Å². The Kier molecular flexibility index (Phi) is 4.84. The van der Waals surface area contributed by atoms with Crippen LogP contribution < -0.4 is 0 Å². The topological polar surface area (TPSA) is 61.2 Å². The largest absolute Gasteiger partial charge is 0.453 e. The first-order valence-corrected chi connectivity index (χ1v) is 9.09. The number of hydrogen-bond acceptors (Lipinski definition) is 6. The van der Waals surface area contributed by atoms with Gasteiger partial charge in [-0.15, -0.1) is 22.7 Å². The van der Waals surface area contributed by atoms with E-state index in [1.165, 1.54) is 11.3 Å². The lowest BCUT2D eigenvalue weighted by Crippen LogP contribution is -2.14. The molecular weight excluding hydrogens is 368 g/mol. The van der Waals surface area contributed by atoms with Crippen LogP contribution in [-0.2, 0) is 4.74 Å². The van der Waals surface area contributed by atoms with Gasteiger partial charge in [0, 0.05) is 28.5 Å². The summed E-state index contributed by atoms with van der Waals surface area (Å²) in [7, 11) is 0. The molecule has 0 N–H and O–H groups in total. The van der Waals surface area contributed by atoms with E-state index in [2.05, 4.69) is 4.98 Å². The molecule has 0 bridgehead atoms. The molecule has 0 saturated heterocycles. The van der Waals surface area contributed by atoms with Crippen molar-refractivity contribution in [2.75, 3.05) is 6.61 Å². The summed E-state index contributed by atoms with van der Waals surface area (Å²) in [6.45, 7) is 3.45. The van der Waals surface area contributed by atoms with Crippen LogP contribution >= 0.6 is 34.3 Å². The molecule has 3 aromatic heterocycles. The highest BCUT2D eigenvalue weighted by atomic mass is 35.5. The van der Waals surface area contributed by atoms with Gasteiger partial charge in [0.05, 0.1) is 4.34 Å². The lowest BCUT2D eigenvalue weighted by molar-refractivity contribution is 0.0479. The van der Waals surface area contributed by atoms with Crippen molar-refractivity contribution in [1.82, 2.24) is 9.55 Å². The van der Waals surface area contributed by atoms with Crippen LogP contribution in [-0.4, -0.2) is 27.9 Å². The lowest BCUT2D eigenvalue weighted by atomic mass is 10.1. The van der Waals surface area contributed by atoms with Crippen LogP contribution in [0.3, 0.4) is 0 Å². The number of Topliss-reactive ketones (excluding diaryl/α,β-unsaturated/α-hetero) is 1. The van der Waals surface area contributed by atoms with Gasteiger partial charge in [-0.2, -0.15) is 0 Å². The molecule has 3 aromatic rings. The molecule has 0 saturated carbocycles. The van der Waals surface area contributed by atoms with E-state index in [4.69, 9.17) is 16.3 Å². The molecule has 0 unspecified atom stereocenters. The number of aromatic nitrogens is 2. The molecule has 0 radical (unpaired) electrons. The Balaban J connectivity index is 1.74. The fourth-order valence-electron chi connectivity index (χ4n) is 2.37. The Morgan fingerprint density at radius 2 is 2.12 bits per heavy atom. The average Bonchev–Trinajstić information content (AvgIpc) is 3.26. The van der Waals surface area contributed by atoms with Crippen LogP contribution in [0.25, 0.3) is 5.13 Å². The van der Waals surface area contributed by atoms with Crippen LogP contribution in [0.5, 0.6) is 0 Å². The Morgan fingerprint density at radius 3 is 2.75 bits per heavy atom. The maximum atomic E-state index is 12.4. The summed E-state index contributed by atoms with van der Waals surface area (Å²) < 4.78 is 7.51. The van der Waals surface area contributed by atoms with Crippen molar-refractivity contribution in [1.29, 1.82) is 0 Å². The highest BCUT2D eigenvalue weighted by Gasteiger charge is 2.19. The van der Waals surface area contributed by atoms with E-state index in [1.54, 1.807) is 24.4 Å². The normalized spacial score (nSPS) is 10.8. The first kappa shape index (κ1) is 16.9. The highest BCUT2D eigenvalue weighted by Crippen LogP contribution is 2.24. The maximum absolute atomic E-state index is 12.4. The van der Waals surface area contributed by atoms with Crippen LogP contribution in [0.1, 0.15) is 31.4 Å². The van der Waals surface area contributed by atoms with Crippen molar-refractivity contribution < 1.29 is 14.3 Å². The van der Waals surface area contributed by atoms with E-state index in [0.717, 1.165) is 27.9 Å². The molecule has 0 fully saturated rings. The number of ketones is 1. The number of nitrogens with zero attached hydrogens (tertiary/aromatic N) is 2. The summed E-state index contributed by atoms with van der Waals surface area (Å²) in [6, 6.07) is 4.98. The Labute approximate surface area is 151 Å². The van der Waals surface area contributed by atoms with Gasteiger partial charge in [-0.1, -0.05) is 11.6 Å². The minimum absolute atomic E-state index is 0.248. The number of esters is 1. The van der Waals surface area contributed by atoms with E-state index in [1.807, 2.05) is 23.8 Å². The van der Waals surface area contributed by atoms with Gasteiger partial charge < -0.3 is 4.74 Å². The van der Waals surface area contributed by atoms with E-state index >= 15 is 0 Å². The van der Waals surface area contributed by atoms with Crippen molar-refractivity contribution >= 4 is 46.0 Å². The minimum Gasteiger partial charge on any atom is -0.453 e. The second-order valence-corrected chi connectivity index (χ2v) is 7.63. The quantitative estimate of drug-likeness (QED) is 0.489. The fourth-order valence-corrected chi connectivity index (χ4v) is 4.06. The number of aryl methyl sites for hydroxylation is 1. The summed E-state index contributed by atoms with van der Waals surface area (Å²) in [5.41, 5.74) is 2.21. The molecule has 8 heteroatoms. The molecule has 5 nitrogen and oxygen atoms in total. The molecule has 3 rings (SSSR count). The number of thiophene rings is 1. The van der Waals surface area contributed by atoms with E-state index in [-0.39, 0.29) is 12.4 Å². The van der Waals surface area contributed by atoms with Gasteiger partial charge >= 0.3 is 5.97 Å². The minimum atomic E-state index is -0.547. The monoisotopic (exact) mass is 380 g/mol. The van der Waals surface area contributed by atoms with Crippen LogP contribution in [0, 0.1) is 13.8 Å². The highest BCUT2D eigenvalue weighted by molar-refractivity contribution is 7.17. The molecular formula is C16H13ClN2O3S2. The van der Waals surface area contributed by atoms with Gasteiger partial charge in [-0.05, 0) is 32.0 Å². The second kappa shape index (κ2) is 6.88. The summed E-state index contributed by atoms with van der Waals surface area (Å²) in [4.78, 5) is 29.0. The third-order valence-electron chi connectivity index (χ3n) is 3.45. The molecule has 124 valence electrons. The van der Waals surface area contributed by atoms with Gasteiger partial charge in [0.25, 0.3) is 0 Å². The van der Waals surface area contributed by atoms with Gasteiger partial charge in [0.1, 0.15) is 4.88 Å². The van der Waals surface area contributed by atoms with Crippen molar-refractivity contribution in [3.05, 3.63) is 55.9 Å². The number of carbonyl (C=O) groups is 2. The number of rotatable bonds is 5.